The maximum Gasteiger partial charge on any atom is 0.325 e. The van der Waals surface area contributed by atoms with Crippen LogP contribution in [0.2, 0.25) is 0 Å². The Morgan fingerprint density at radius 3 is 2.68 bits per heavy atom. The molecule has 1 unspecified atom stereocenters. The van der Waals surface area contributed by atoms with Crippen molar-refractivity contribution < 1.29 is 14.6 Å². The lowest BCUT2D eigenvalue weighted by Crippen LogP contribution is -2.31. The molecular formula is C13H14N2O4. The van der Waals surface area contributed by atoms with Gasteiger partial charge in [0.05, 0.1) is 12.6 Å². The summed E-state index contributed by atoms with van der Waals surface area (Å²) in [5.41, 5.74) is 5.85. The van der Waals surface area contributed by atoms with Gasteiger partial charge in [0.25, 0.3) is 5.56 Å². The number of aromatic nitrogens is 1. The standard InChI is InChI=1S/C13H14N2O4/c1-15-10-4-3-8(19-2)5-7(10)6-9(12(15)16)11(14)13(17)18/h3-6,11H,14H2,1-2H3,(H,17,18). The number of fused-ring (bicyclic) bond motifs is 1. The third-order valence-electron chi connectivity index (χ3n) is 3.06. The van der Waals surface area contributed by atoms with E-state index < -0.39 is 17.6 Å². The number of benzene rings is 1. The van der Waals surface area contributed by atoms with Gasteiger partial charge in [0, 0.05) is 18.0 Å². The highest BCUT2D eigenvalue weighted by atomic mass is 16.5. The van der Waals surface area contributed by atoms with E-state index in [9.17, 15) is 9.59 Å². The van der Waals surface area contributed by atoms with E-state index in [4.69, 9.17) is 15.6 Å². The third kappa shape index (κ3) is 2.17. The predicted molar refractivity (Wildman–Crippen MR) is 70.3 cm³/mol. The minimum Gasteiger partial charge on any atom is -0.497 e. The molecule has 0 aliphatic carbocycles. The van der Waals surface area contributed by atoms with Gasteiger partial charge in [-0.05, 0) is 24.3 Å². The molecule has 2 aromatic rings. The zero-order valence-corrected chi connectivity index (χ0v) is 10.6. The lowest BCUT2D eigenvalue weighted by atomic mass is 10.1. The van der Waals surface area contributed by atoms with Crippen molar-refractivity contribution in [3.63, 3.8) is 0 Å². The van der Waals surface area contributed by atoms with E-state index in [-0.39, 0.29) is 5.56 Å². The second-order valence-electron chi connectivity index (χ2n) is 4.20. The minimum absolute atomic E-state index is 0.0516. The number of hydrogen-bond donors (Lipinski definition) is 2. The van der Waals surface area contributed by atoms with E-state index in [1.54, 1.807) is 25.2 Å². The van der Waals surface area contributed by atoms with Gasteiger partial charge in [0.2, 0.25) is 0 Å². The van der Waals surface area contributed by atoms with Gasteiger partial charge in [0.15, 0.2) is 0 Å². The van der Waals surface area contributed by atoms with Gasteiger partial charge in [-0.15, -0.1) is 0 Å². The summed E-state index contributed by atoms with van der Waals surface area (Å²) < 4.78 is 6.49. The molecule has 1 aromatic heterocycles. The summed E-state index contributed by atoms with van der Waals surface area (Å²) in [6.45, 7) is 0. The Kier molecular flexibility index (Phi) is 3.26. The molecule has 3 N–H and O–H groups in total. The lowest BCUT2D eigenvalue weighted by Gasteiger charge is -2.12. The summed E-state index contributed by atoms with van der Waals surface area (Å²) in [7, 11) is 3.11. The van der Waals surface area contributed by atoms with E-state index in [1.807, 2.05) is 0 Å². The van der Waals surface area contributed by atoms with Crippen LogP contribution in [0.15, 0.2) is 29.1 Å². The molecule has 0 amide bonds. The first-order valence-electron chi connectivity index (χ1n) is 5.61. The summed E-state index contributed by atoms with van der Waals surface area (Å²) in [5, 5.41) is 9.63. The molecule has 2 rings (SSSR count). The van der Waals surface area contributed by atoms with Crippen LogP contribution in [0.5, 0.6) is 5.75 Å². The normalized spacial score (nSPS) is 12.4. The van der Waals surface area contributed by atoms with E-state index in [2.05, 4.69) is 0 Å². The van der Waals surface area contributed by atoms with Gasteiger partial charge in [-0.2, -0.15) is 0 Å². The average Bonchev–Trinajstić information content (AvgIpc) is 2.41. The molecule has 19 heavy (non-hydrogen) atoms. The van der Waals surface area contributed by atoms with E-state index in [0.717, 1.165) is 0 Å². The van der Waals surface area contributed by atoms with Crippen molar-refractivity contribution in [2.24, 2.45) is 12.8 Å². The van der Waals surface area contributed by atoms with Crippen LogP contribution >= 0.6 is 0 Å². The van der Waals surface area contributed by atoms with Gasteiger partial charge in [-0.3, -0.25) is 9.59 Å². The van der Waals surface area contributed by atoms with Gasteiger partial charge in [-0.1, -0.05) is 0 Å². The number of carboxylic acids is 1. The molecule has 6 heteroatoms. The number of carbonyl (C=O) groups is 1. The van der Waals surface area contributed by atoms with E-state index >= 15 is 0 Å². The zero-order chi connectivity index (χ0) is 14.2. The minimum atomic E-state index is -1.34. The number of methoxy groups -OCH3 is 1. The highest BCUT2D eigenvalue weighted by molar-refractivity contribution is 5.83. The summed E-state index contributed by atoms with van der Waals surface area (Å²) >= 11 is 0. The Labute approximate surface area is 109 Å². The van der Waals surface area contributed by atoms with Crippen molar-refractivity contribution in [1.82, 2.24) is 4.57 Å². The van der Waals surface area contributed by atoms with Crippen LogP contribution < -0.4 is 16.0 Å². The number of nitrogens with zero attached hydrogens (tertiary/aromatic N) is 1. The van der Waals surface area contributed by atoms with Crippen LogP contribution in [0.3, 0.4) is 0 Å². The quantitative estimate of drug-likeness (QED) is 0.846. The first kappa shape index (κ1) is 13.1. The molecule has 1 atom stereocenters. The first-order valence-corrected chi connectivity index (χ1v) is 5.61. The van der Waals surface area contributed by atoms with Crippen molar-refractivity contribution in [2.75, 3.05) is 7.11 Å². The highest BCUT2D eigenvalue weighted by Crippen LogP contribution is 2.21. The Morgan fingerprint density at radius 1 is 1.42 bits per heavy atom. The molecule has 0 saturated heterocycles. The van der Waals surface area contributed by atoms with Crippen molar-refractivity contribution in [3.05, 3.63) is 40.2 Å². The fourth-order valence-corrected chi connectivity index (χ4v) is 1.97. The topological polar surface area (TPSA) is 94.6 Å². The number of carboxylic acid groups (broad SMARTS) is 1. The molecule has 0 spiro atoms. The Hall–Kier alpha value is -2.34. The number of pyridine rings is 1. The number of aliphatic carboxylic acids is 1. The molecule has 0 aliphatic rings. The number of aryl methyl sites for hydroxylation is 1. The molecule has 100 valence electrons. The number of hydrogen-bond acceptors (Lipinski definition) is 4. The molecule has 6 nitrogen and oxygen atoms in total. The molecule has 0 aliphatic heterocycles. The monoisotopic (exact) mass is 262 g/mol. The lowest BCUT2D eigenvalue weighted by molar-refractivity contribution is -0.138. The smallest absolute Gasteiger partial charge is 0.325 e. The van der Waals surface area contributed by atoms with Crippen molar-refractivity contribution in [1.29, 1.82) is 0 Å². The molecule has 1 aromatic carbocycles. The molecular weight excluding hydrogens is 248 g/mol. The fourth-order valence-electron chi connectivity index (χ4n) is 1.97. The summed E-state index contributed by atoms with van der Waals surface area (Å²) in [6.07, 6.45) is 0. The largest absolute Gasteiger partial charge is 0.497 e. The molecule has 0 saturated carbocycles. The van der Waals surface area contributed by atoms with E-state index in [1.165, 1.54) is 17.7 Å². The predicted octanol–water partition coefficient (Wildman–Crippen LogP) is 0.631. The van der Waals surface area contributed by atoms with Gasteiger partial charge < -0.3 is 20.1 Å². The van der Waals surface area contributed by atoms with E-state index in [0.29, 0.717) is 16.7 Å². The molecule has 0 radical (unpaired) electrons. The molecule has 0 bridgehead atoms. The Morgan fingerprint density at radius 2 is 2.11 bits per heavy atom. The Bertz CT molecular complexity index is 706. The average molecular weight is 262 g/mol. The first-order chi connectivity index (χ1) is 8.95. The fraction of sp³-hybridized carbons (Fsp3) is 0.231. The van der Waals surface area contributed by atoms with Gasteiger partial charge >= 0.3 is 5.97 Å². The number of nitrogens with two attached hydrogens (primary N) is 1. The second-order valence-corrected chi connectivity index (χ2v) is 4.20. The zero-order valence-electron chi connectivity index (χ0n) is 10.6. The molecule has 0 fully saturated rings. The second kappa shape index (κ2) is 4.74. The maximum absolute atomic E-state index is 12.1. The number of ether oxygens (including phenoxy) is 1. The van der Waals surface area contributed by atoms with Crippen LogP contribution in [-0.4, -0.2) is 22.8 Å². The third-order valence-corrected chi connectivity index (χ3v) is 3.06. The van der Waals surface area contributed by atoms with Crippen molar-refractivity contribution in [2.45, 2.75) is 6.04 Å². The highest BCUT2D eigenvalue weighted by Gasteiger charge is 2.19. The summed E-state index contributed by atoms with van der Waals surface area (Å²) in [6, 6.07) is 5.37. The SMILES string of the molecule is COc1ccc2c(c1)cc(C(N)C(=O)O)c(=O)n2C. The summed E-state index contributed by atoms with van der Waals surface area (Å²) in [5.74, 6) is -0.611. The van der Waals surface area contributed by atoms with Gasteiger partial charge in [-0.25, -0.2) is 0 Å². The maximum atomic E-state index is 12.1. The Balaban J connectivity index is 2.77. The van der Waals surface area contributed by atoms with Crippen molar-refractivity contribution in [3.8, 4) is 5.75 Å². The van der Waals surface area contributed by atoms with Crippen LogP contribution in [0.25, 0.3) is 10.9 Å². The van der Waals surface area contributed by atoms with Crippen LogP contribution in [0.4, 0.5) is 0 Å². The molecule has 1 heterocycles. The van der Waals surface area contributed by atoms with Crippen LogP contribution in [-0.2, 0) is 11.8 Å². The van der Waals surface area contributed by atoms with Crippen LogP contribution in [0, 0.1) is 0 Å². The summed E-state index contributed by atoms with van der Waals surface area (Å²) in [4.78, 5) is 23.0. The van der Waals surface area contributed by atoms with Crippen LogP contribution in [0.1, 0.15) is 11.6 Å². The van der Waals surface area contributed by atoms with Gasteiger partial charge in [0.1, 0.15) is 11.8 Å². The number of rotatable bonds is 3. The van der Waals surface area contributed by atoms with Crippen molar-refractivity contribution >= 4 is 16.9 Å².